The average molecular weight is 593 g/mol. The Labute approximate surface area is 242 Å². The van der Waals surface area contributed by atoms with Gasteiger partial charge >= 0.3 is 5.51 Å². The lowest BCUT2D eigenvalue weighted by Gasteiger charge is -2.33. The number of aryl methyl sites for hydroxylation is 1. The van der Waals surface area contributed by atoms with Crippen LogP contribution in [0.1, 0.15) is 17.7 Å². The van der Waals surface area contributed by atoms with Gasteiger partial charge in [-0.1, -0.05) is 18.6 Å². The molecule has 1 aliphatic rings. The first-order chi connectivity index (χ1) is 19.4. The largest absolute Gasteiger partial charge is 0.495 e. The summed E-state index contributed by atoms with van der Waals surface area (Å²) in [6.45, 7) is 6.62. The molecule has 1 fully saturated rings. The van der Waals surface area contributed by atoms with E-state index in [1.54, 1.807) is 25.4 Å². The van der Waals surface area contributed by atoms with Gasteiger partial charge in [0.05, 0.1) is 31.1 Å². The third kappa shape index (κ3) is 9.23. The van der Waals surface area contributed by atoms with Crippen molar-refractivity contribution in [3.8, 4) is 17.6 Å². The summed E-state index contributed by atoms with van der Waals surface area (Å²) in [5, 5.41) is 6.15. The van der Waals surface area contributed by atoms with Gasteiger partial charge in [-0.15, -0.1) is 0 Å². The van der Waals surface area contributed by atoms with Gasteiger partial charge in [0.2, 0.25) is 0 Å². The molecule has 1 saturated heterocycles. The van der Waals surface area contributed by atoms with Crippen LogP contribution in [0.15, 0.2) is 54.3 Å². The van der Waals surface area contributed by atoms with Gasteiger partial charge in [0.15, 0.2) is 5.65 Å². The van der Waals surface area contributed by atoms with Crippen molar-refractivity contribution in [1.29, 1.82) is 0 Å². The Hall–Kier alpha value is -3.56. The second kappa shape index (κ2) is 14.4. The molecule has 0 amide bonds. The fourth-order valence-electron chi connectivity index (χ4n) is 4.09. The van der Waals surface area contributed by atoms with Crippen molar-refractivity contribution in [2.24, 2.45) is 0 Å². The van der Waals surface area contributed by atoms with E-state index in [-0.39, 0.29) is 34.7 Å². The number of pyridine rings is 1. The molecule has 2 unspecified atom stereocenters. The molecule has 2 atom stereocenters. The number of ether oxygens (including phenoxy) is 1. The molecule has 0 saturated carbocycles. The number of methoxy groups -OCH3 is 1. The van der Waals surface area contributed by atoms with Gasteiger partial charge in [0, 0.05) is 45.1 Å². The number of alkyl halides is 4. The van der Waals surface area contributed by atoms with Crippen LogP contribution in [-0.4, -0.2) is 84.8 Å². The van der Waals surface area contributed by atoms with Gasteiger partial charge in [-0.05, 0) is 62.3 Å². The number of fused-ring (bicyclic) bond motifs is 1. The zero-order chi connectivity index (χ0) is 30.2. The number of hydrogen-bond acceptors (Lipinski definition) is 7. The second-order valence-electron chi connectivity index (χ2n) is 9.75. The van der Waals surface area contributed by atoms with Crippen molar-refractivity contribution in [2.45, 2.75) is 36.1 Å². The minimum absolute atomic E-state index is 0.00441. The quantitative estimate of drug-likeness (QED) is 0.202. The van der Waals surface area contributed by atoms with E-state index in [2.05, 4.69) is 34.0 Å². The van der Waals surface area contributed by atoms with Gasteiger partial charge in [-0.2, -0.15) is 13.2 Å². The summed E-state index contributed by atoms with van der Waals surface area (Å²) in [5.41, 5.74) is -2.03. The van der Waals surface area contributed by atoms with E-state index in [0.29, 0.717) is 24.4 Å². The van der Waals surface area contributed by atoms with E-state index in [1.807, 2.05) is 56.1 Å². The minimum Gasteiger partial charge on any atom is -0.495 e. The van der Waals surface area contributed by atoms with Crippen LogP contribution in [-0.2, 0) is 0 Å². The number of rotatable bonds is 7. The van der Waals surface area contributed by atoms with E-state index in [9.17, 15) is 17.6 Å². The van der Waals surface area contributed by atoms with E-state index < -0.39 is 17.7 Å². The number of imidazole rings is 1. The van der Waals surface area contributed by atoms with Gasteiger partial charge in [-0.25, -0.2) is 9.37 Å². The summed E-state index contributed by atoms with van der Waals surface area (Å²) in [5.74, 6) is 6.28. The third-order valence-corrected chi connectivity index (χ3v) is 7.01. The van der Waals surface area contributed by atoms with Crippen molar-refractivity contribution in [1.82, 2.24) is 19.2 Å². The number of nitrogens with one attached hydrogen (secondary N) is 2. The molecule has 1 aliphatic heterocycles. The number of anilines is 2. The fraction of sp³-hybridized carbons (Fsp3) is 0.414. The van der Waals surface area contributed by atoms with E-state index >= 15 is 0 Å². The maximum atomic E-state index is 14.6. The molecular formula is C29H36F4N6OS. The lowest BCUT2D eigenvalue weighted by molar-refractivity contribution is -0.0329. The molecule has 2 N–H and O–H groups in total. The first kappa shape index (κ1) is 32.0. The lowest BCUT2D eigenvalue weighted by Crippen LogP contribution is -2.46. The molecule has 3 aromatic rings. The van der Waals surface area contributed by atoms with Crippen LogP contribution in [0.25, 0.3) is 5.65 Å². The number of nitrogens with zero attached hydrogens (tertiary/aromatic N) is 4. The van der Waals surface area contributed by atoms with Crippen LogP contribution in [0, 0.1) is 18.8 Å². The van der Waals surface area contributed by atoms with Crippen molar-refractivity contribution >= 4 is 28.8 Å². The smallest absolute Gasteiger partial charge is 0.447 e. The zero-order valence-corrected chi connectivity index (χ0v) is 24.7. The monoisotopic (exact) mass is 592 g/mol. The highest BCUT2D eigenvalue weighted by Gasteiger charge is 2.33. The number of halogens is 4. The highest BCUT2D eigenvalue weighted by Crippen LogP contribution is 2.39. The number of benzene rings is 1. The third-order valence-electron chi connectivity index (χ3n) is 6.20. The van der Waals surface area contributed by atoms with Crippen molar-refractivity contribution in [2.75, 3.05) is 58.5 Å². The summed E-state index contributed by atoms with van der Waals surface area (Å²) >= 11 is -0.269. The number of likely N-dealkylation sites (tertiary alicyclic amines) is 1. The Morgan fingerprint density at radius 2 is 2.00 bits per heavy atom. The van der Waals surface area contributed by atoms with Gasteiger partial charge in [-0.3, -0.25) is 4.40 Å². The number of piperidine rings is 1. The predicted molar refractivity (Wildman–Crippen MR) is 159 cm³/mol. The molecule has 7 nitrogen and oxygen atoms in total. The van der Waals surface area contributed by atoms with Gasteiger partial charge < -0.3 is 25.2 Å². The predicted octanol–water partition coefficient (Wildman–Crippen LogP) is 5.87. The highest BCUT2D eigenvalue weighted by atomic mass is 32.2. The summed E-state index contributed by atoms with van der Waals surface area (Å²) in [6, 6.07) is 8.49. The molecular weight excluding hydrogens is 556 g/mol. The molecule has 0 spiro atoms. The Balaban J connectivity index is 0.000000850. The molecule has 222 valence electrons. The van der Waals surface area contributed by atoms with Crippen LogP contribution in [0.2, 0.25) is 0 Å². The lowest BCUT2D eigenvalue weighted by atomic mass is 10.0. The fourth-order valence-corrected chi connectivity index (χ4v) is 4.75. The molecule has 0 aliphatic carbocycles. The molecule has 1 aromatic carbocycles. The van der Waals surface area contributed by atoms with Crippen LogP contribution < -0.4 is 15.4 Å². The summed E-state index contributed by atoms with van der Waals surface area (Å²) in [7, 11) is 7.29. The second-order valence-corrected chi connectivity index (χ2v) is 10.8. The van der Waals surface area contributed by atoms with E-state index in [1.165, 1.54) is 10.6 Å². The Morgan fingerprint density at radius 1 is 1.27 bits per heavy atom. The molecule has 2 aromatic heterocycles. The minimum atomic E-state index is -4.53. The van der Waals surface area contributed by atoms with Gasteiger partial charge in [0.25, 0.3) is 0 Å². The molecule has 0 bridgehead atoms. The Morgan fingerprint density at radius 3 is 2.63 bits per heavy atom. The zero-order valence-electron chi connectivity index (χ0n) is 23.8. The van der Waals surface area contributed by atoms with Crippen LogP contribution in [0.5, 0.6) is 5.75 Å². The highest BCUT2D eigenvalue weighted by molar-refractivity contribution is 8.00. The van der Waals surface area contributed by atoms with Crippen molar-refractivity contribution in [3.05, 3.63) is 60.6 Å². The average Bonchev–Trinajstić information content (AvgIpc) is 3.25. The molecule has 3 heterocycles. The van der Waals surface area contributed by atoms with E-state index in [4.69, 9.17) is 4.74 Å². The molecule has 4 rings (SSSR count). The van der Waals surface area contributed by atoms with Crippen LogP contribution in [0.3, 0.4) is 0 Å². The van der Waals surface area contributed by atoms with Crippen LogP contribution >= 0.6 is 11.8 Å². The summed E-state index contributed by atoms with van der Waals surface area (Å²) < 4.78 is 61.5. The van der Waals surface area contributed by atoms with E-state index in [0.717, 1.165) is 17.8 Å². The first-order valence-electron chi connectivity index (χ1n) is 12.9. The molecule has 0 radical (unpaired) electrons. The number of aromatic nitrogens is 2. The van der Waals surface area contributed by atoms with Crippen LogP contribution in [0.4, 0.5) is 28.9 Å². The van der Waals surface area contributed by atoms with Gasteiger partial charge in [0.1, 0.15) is 22.6 Å². The topological polar surface area (TPSA) is 57.1 Å². The van der Waals surface area contributed by atoms with Crippen molar-refractivity contribution in [3.63, 3.8) is 0 Å². The standard InChI is InChI=1S/C25H27F4N5OS.C4H9N/c1-16-8-9-22(35-3)21(14-16)30-11-4-6-20-24(36-25(27,28)29)34-12-5-7-19(23(34)32-20)31-18-10-13-33(2)15-17(18)26;1-4-5(2)3/h5,7-9,12,14,17-18,30-31H,10-11,13,15H2,1-3H3;4H,1H2,2-3H3. The maximum Gasteiger partial charge on any atom is 0.447 e. The first-order valence-corrected chi connectivity index (χ1v) is 13.8. The Bertz CT molecular complexity index is 1380. The number of thioether (sulfide) groups is 1. The number of hydrogen-bond donors (Lipinski definition) is 2. The summed E-state index contributed by atoms with van der Waals surface area (Å²) in [4.78, 5) is 8.21. The van der Waals surface area contributed by atoms with Crippen molar-refractivity contribution < 1.29 is 22.3 Å². The summed E-state index contributed by atoms with van der Waals surface area (Å²) in [6.07, 6.45) is 2.72. The Kier molecular flexibility index (Phi) is 11.2. The normalized spacial score (nSPS) is 17.1. The molecule has 12 heteroatoms. The SMILES string of the molecule is C=CN(C)C.COc1ccc(C)cc1NCC#Cc1nc2c(NC3CCN(C)CC3F)cccn2c1SC(F)(F)F. The maximum absolute atomic E-state index is 14.6. The molecule has 41 heavy (non-hydrogen) atoms.